The summed E-state index contributed by atoms with van der Waals surface area (Å²) in [7, 11) is 3.06. The van der Waals surface area contributed by atoms with Crippen LogP contribution in [0.25, 0.3) is 10.1 Å². The molecule has 2 aromatic rings. The maximum absolute atomic E-state index is 12.5. The molecule has 8 nitrogen and oxygen atoms in total. The largest absolute Gasteiger partial charge is 0.481 e. The number of hydrogen-bond donors (Lipinski definition) is 1. The normalized spacial score (nSPS) is 12.5. The van der Waals surface area contributed by atoms with Crippen LogP contribution < -0.4 is 9.64 Å². The molecule has 1 N–H and O–H groups in total. The van der Waals surface area contributed by atoms with Crippen LogP contribution in [0.2, 0.25) is 0 Å². The zero-order valence-electron chi connectivity index (χ0n) is 18.0. The lowest BCUT2D eigenvalue weighted by atomic mass is 10.0. The lowest BCUT2D eigenvalue weighted by molar-refractivity contribution is -0.141. The zero-order chi connectivity index (χ0) is 22.6. The van der Waals surface area contributed by atoms with Crippen molar-refractivity contribution in [1.82, 2.24) is 0 Å². The molecule has 30 heavy (non-hydrogen) atoms. The van der Waals surface area contributed by atoms with Gasteiger partial charge in [0.15, 0.2) is 12.6 Å². The molecule has 1 atom stereocenters. The number of methoxy groups -OCH3 is 1. The molecule has 1 amide bonds. The molecule has 9 heteroatoms. The lowest BCUT2D eigenvalue weighted by Gasteiger charge is -2.26. The molecule has 0 unspecified atom stereocenters. The average Bonchev–Trinajstić information content (AvgIpc) is 3.06. The Morgan fingerprint density at radius 1 is 1.20 bits per heavy atom. The molecule has 0 aliphatic rings. The third kappa shape index (κ3) is 5.93. The van der Waals surface area contributed by atoms with E-state index in [4.69, 9.17) is 19.3 Å². The second-order valence-electron chi connectivity index (χ2n) is 7.93. The van der Waals surface area contributed by atoms with Crippen LogP contribution in [-0.4, -0.2) is 49.5 Å². The second kappa shape index (κ2) is 9.44. The maximum atomic E-state index is 12.5. The Balaban J connectivity index is 2.42. The van der Waals surface area contributed by atoms with Gasteiger partial charge < -0.3 is 19.3 Å². The summed E-state index contributed by atoms with van der Waals surface area (Å²) < 4.78 is 16.8. The predicted octanol–water partition coefficient (Wildman–Crippen LogP) is 4.55. The Morgan fingerprint density at radius 3 is 2.43 bits per heavy atom. The number of anilines is 1. The highest BCUT2D eigenvalue weighted by molar-refractivity contribution is 7.20. The summed E-state index contributed by atoms with van der Waals surface area (Å²) in [6.07, 6.45) is -0.632. The van der Waals surface area contributed by atoms with Gasteiger partial charge in [0.05, 0.1) is 16.5 Å². The predicted molar refractivity (Wildman–Crippen MR) is 115 cm³/mol. The van der Waals surface area contributed by atoms with Gasteiger partial charge in [0.1, 0.15) is 11.4 Å². The Hall–Kier alpha value is -2.65. The summed E-state index contributed by atoms with van der Waals surface area (Å²) in [4.78, 5) is 37.8. The highest BCUT2D eigenvalue weighted by Crippen LogP contribution is 2.38. The number of carboxylic acid groups (broad SMARTS) is 1. The van der Waals surface area contributed by atoms with Crippen molar-refractivity contribution in [3.63, 3.8) is 0 Å². The van der Waals surface area contributed by atoms with E-state index in [0.29, 0.717) is 16.3 Å². The lowest BCUT2D eigenvalue weighted by Crippen LogP contribution is -2.34. The van der Waals surface area contributed by atoms with Crippen LogP contribution >= 0.6 is 11.3 Å². The van der Waals surface area contributed by atoms with Gasteiger partial charge in [-0.15, -0.1) is 11.3 Å². The van der Waals surface area contributed by atoms with Crippen LogP contribution in [0.1, 0.15) is 43.8 Å². The number of ether oxygens (including phenoxy) is 3. The van der Waals surface area contributed by atoms with Crippen LogP contribution in [0.4, 0.5) is 10.5 Å². The fraction of sp³-hybridized carbons (Fsp3) is 0.476. The number of carboxylic acids is 1. The molecule has 2 rings (SSSR count). The monoisotopic (exact) mass is 437 g/mol. The molecule has 1 heterocycles. The molecule has 0 radical (unpaired) electrons. The molecule has 0 aliphatic carbocycles. The van der Waals surface area contributed by atoms with Crippen LogP contribution in [0.5, 0.6) is 5.75 Å². The molecule has 0 saturated carbocycles. The number of thiophene rings is 1. The van der Waals surface area contributed by atoms with Gasteiger partial charge in [-0.2, -0.15) is 0 Å². The van der Waals surface area contributed by atoms with Crippen molar-refractivity contribution >= 4 is 45.0 Å². The van der Waals surface area contributed by atoms with E-state index in [-0.39, 0.29) is 19.0 Å². The average molecular weight is 438 g/mol. The van der Waals surface area contributed by atoms with Crippen LogP contribution in [0.15, 0.2) is 18.2 Å². The molecule has 0 saturated heterocycles. The standard InChI is InChI=1S/C21H27NO7S/c1-12(19(24)25)7-15(23)18-9-13-8-16(28-11-27-6)14(10-17(13)30-18)22(5)20(26)29-21(2,3)4/h8-10,12H,7,11H2,1-6H3,(H,24,25)/t12-/m0/s1. The van der Waals surface area contributed by atoms with Gasteiger partial charge in [0.25, 0.3) is 0 Å². The number of amides is 1. The highest BCUT2D eigenvalue weighted by Gasteiger charge is 2.24. The smallest absolute Gasteiger partial charge is 0.414 e. The van der Waals surface area contributed by atoms with Crippen molar-refractivity contribution in [2.45, 2.75) is 39.7 Å². The van der Waals surface area contributed by atoms with Crippen molar-refractivity contribution in [1.29, 1.82) is 0 Å². The molecular weight excluding hydrogens is 410 g/mol. The molecular formula is C21H27NO7S. The number of nitrogens with zero attached hydrogens (tertiary/aromatic N) is 1. The van der Waals surface area contributed by atoms with E-state index in [1.807, 2.05) is 0 Å². The fourth-order valence-electron chi connectivity index (χ4n) is 2.59. The summed E-state index contributed by atoms with van der Waals surface area (Å²) in [5, 5.41) is 9.79. The summed E-state index contributed by atoms with van der Waals surface area (Å²) >= 11 is 1.24. The van der Waals surface area contributed by atoms with E-state index >= 15 is 0 Å². The Bertz CT molecular complexity index is 945. The Labute approximate surface area is 179 Å². The third-order valence-corrected chi connectivity index (χ3v) is 5.29. The molecule has 0 fully saturated rings. The quantitative estimate of drug-likeness (QED) is 0.477. The minimum absolute atomic E-state index is 0.0211. The maximum Gasteiger partial charge on any atom is 0.414 e. The van der Waals surface area contributed by atoms with Gasteiger partial charge >= 0.3 is 12.1 Å². The first-order valence-electron chi connectivity index (χ1n) is 9.35. The minimum atomic E-state index is -1.01. The highest BCUT2D eigenvalue weighted by atomic mass is 32.1. The van der Waals surface area contributed by atoms with Crippen LogP contribution in [0, 0.1) is 5.92 Å². The van der Waals surface area contributed by atoms with Gasteiger partial charge in [-0.3, -0.25) is 14.5 Å². The number of aliphatic carboxylic acids is 1. The van der Waals surface area contributed by atoms with E-state index in [1.165, 1.54) is 30.3 Å². The van der Waals surface area contributed by atoms with E-state index < -0.39 is 23.6 Å². The number of benzene rings is 1. The summed E-state index contributed by atoms with van der Waals surface area (Å²) in [5.74, 6) is -1.63. The van der Waals surface area contributed by atoms with E-state index in [1.54, 1.807) is 46.0 Å². The molecule has 1 aromatic carbocycles. The van der Waals surface area contributed by atoms with Gasteiger partial charge in [0, 0.05) is 25.3 Å². The minimum Gasteiger partial charge on any atom is -0.481 e. The first kappa shape index (κ1) is 23.6. The van der Waals surface area contributed by atoms with Crippen molar-refractivity contribution in [2.75, 3.05) is 25.9 Å². The molecule has 0 bridgehead atoms. The topological polar surface area (TPSA) is 102 Å². The Kier molecular flexibility index (Phi) is 7.44. The van der Waals surface area contributed by atoms with Crippen molar-refractivity contribution < 1.29 is 33.7 Å². The molecule has 0 spiro atoms. The molecule has 1 aromatic heterocycles. The van der Waals surface area contributed by atoms with E-state index in [9.17, 15) is 14.4 Å². The Morgan fingerprint density at radius 2 is 1.87 bits per heavy atom. The summed E-state index contributed by atoms with van der Waals surface area (Å²) in [5.41, 5.74) is -0.194. The van der Waals surface area contributed by atoms with E-state index in [2.05, 4.69) is 0 Å². The number of fused-ring (bicyclic) bond motifs is 1. The zero-order valence-corrected chi connectivity index (χ0v) is 18.8. The number of Topliss-reactive ketones (excluding diaryl/α,β-unsaturated/α-hetero) is 1. The number of rotatable bonds is 8. The fourth-order valence-corrected chi connectivity index (χ4v) is 3.61. The number of carbonyl (C=O) groups excluding carboxylic acids is 2. The number of hydrogen-bond acceptors (Lipinski definition) is 7. The van der Waals surface area contributed by atoms with E-state index in [0.717, 1.165) is 10.1 Å². The summed E-state index contributed by atoms with van der Waals surface area (Å²) in [6, 6.07) is 5.17. The summed E-state index contributed by atoms with van der Waals surface area (Å²) in [6.45, 7) is 6.81. The number of carbonyl (C=O) groups is 3. The van der Waals surface area contributed by atoms with Crippen LogP contribution in [0.3, 0.4) is 0 Å². The van der Waals surface area contributed by atoms with Crippen LogP contribution in [-0.2, 0) is 14.3 Å². The second-order valence-corrected chi connectivity index (χ2v) is 9.01. The van der Waals surface area contributed by atoms with Crippen molar-refractivity contribution in [3.05, 3.63) is 23.1 Å². The molecule has 0 aliphatic heterocycles. The van der Waals surface area contributed by atoms with Gasteiger partial charge in [-0.05, 0) is 44.4 Å². The first-order chi connectivity index (χ1) is 13.9. The number of ketones is 1. The van der Waals surface area contributed by atoms with Crippen molar-refractivity contribution in [3.8, 4) is 5.75 Å². The van der Waals surface area contributed by atoms with Gasteiger partial charge in [-0.25, -0.2) is 4.79 Å². The molecule has 164 valence electrons. The van der Waals surface area contributed by atoms with Gasteiger partial charge in [-0.1, -0.05) is 6.92 Å². The third-order valence-electron chi connectivity index (χ3n) is 4.15. The van der Waals surface area contributed by atoms with Gasteiger partial charge in [0.2, 0.25) is 0 Å². The SMILES string of the molecule is COCOc1cc2cc(C(=O)C[C@H](C)C(=O)O)sc2cc1N(C)C(=O)OC(C)(C)C. The van der Waals surface area contributed by atoms with Crippen molar-refractivity contribution in [2.24, 2.45) is 5.92 Å². The first-order valence-corrected chi connectivity index (χ1v) is 10.2.